The Labute approximate surface area is 204 Å². The summed E-state index contributed by atoms with van der Waals surface area (Å²) in [5.41, 5.74) is 8.09. The van der Waals surface area contributed by atoms with Crippen molar-refractivity contribution in [2.75, 3.05) is 0 Å². The molecule has 0 spiro atoms. The Morgan fingerprint density at radius 1 is 1.07 bits per heavy atom. The van der Waals surface area contributed by atoms with Crippen molar-refractivity contribution < 1.29 is 47.5 Å². The minimum atomic E-state index is 0. The third-order valence-electron chi connectivity index (χ3n) is 4.11. The van der Waals surface area contributed by atoms with Crippen molar-refractivity contribution in [2.24, 2.45) is 0 Å². The molecule has 3 aliphatic rings. The van der Waals surface area contributed by atoms with Gasteiger partial charge in [0.1, 0.15) is 0 Å². The number of hydrogen-bond donors (Lipinski definition) is 0. The van der Waals surface area contributed by atoms with Gasteiger partial charge < -0.3 is 24.8 Å². The van der Waals surface area contributed by atoms with E-state index in [9.17, 15) is 0 Å². The van der Waals surface area contributed by atoms with Gasteiger partial charge in [-0.2, -0.15) is 29.5 Å². The van der Waals surface area contributed by atoms with Crippen LogP contribution < -0.4 is 24.8 Å². The van der Waals surface area contributed by atoms with E-state index in [1.54, 1.807) is 0 Å². The van der Waals surface area contributed by atoms with Crippen molar-refractivity contribution in [1.29, 1.82) is 0 Å². The quantitative estimate of drug-likeness (QED) is 0.288. The molecule has 1 unspecified atom stereocenters. The van der Waals surface area contributed by atoms with Crippen LogP contribution in [0.1, 0.15) is 18.1 Å². The predicted octanol–water partition coefficient (Wildman–Crippen LogP) is 0.739. The van der Waals surface area contributed by atoms with E-state index in [1.165, 1.54) is 38.3 Å². The summed E-state index contributed by atoms with van der Waals surface area (Å²) in [6, 6.07) is 18.1. The van der Waals surface area contributed by atoms with E-state index in [0.717, 1.165) is 29.1 Å². The molecule has 0 N–H and O–H groups in total. The predicted molar refractivity (Wildman–Crippen MR) is 110 cm³/mol. The summed E-state index contributed by atoms with van der Waals surface area (Å²) < 4.78 is 0.373. The Kier molecular flexibility index (Phi) is 11.2. The summed E-state index contributed by atoms with van der Waals surface area (Å²) in [5.74, 6) is 0. The Hall–Kier alpha value is 0.173. The van der Waals surface area contributed by atoms with Gasteiger partial charge in [-0.15, -0.1) is 47.0 Å². The monoisotopic (exact) mass is 570 g/mol. The number of fused-ring (bicyclic) bond motifs is 4. The number of rotatable bonds is 0. The molecule has 138 valence electrons. The molecule has 0 saturated heterocycles. The topological polar surface area (TPSA) is 0 Å². The van der Waals surface area contributed by atoms with Gasteiger partial charge in [0.2, 0.25) is 0 Å². The van der Waals surface area contributed by atoms with Gasteiger partial charge in [-0.3, -0.25) is 0 Å². The van der Waals surface area contributed by atoms with Crippen molar-refractivity contribution >= 4 is 36.5 Å². The zero-order valence-electron chi connectivity index (χ0n) is 14.4. The molecule has 0 saturated carbocycles. The Morgan fingerprint density at radius 2 is 1.78 bits per heavy atom. The maximum absolute atomic E-state index is 4.17. The van der Waals surface area contributed by atoms with Crippen LogP contribution in [0.25, 0.3) is 11.1 Å². The van der Waals surface area contributed by atoms with Crippen LogP contribution in [-0.2, 0) is 29.1 Å². The van der Waals surface area contributed by atoms with Gasteiger partial charge in [0.05, 0.1) is 0 Å². The second-order valence-corrected chi connectivity index (χ2v) is 8.46. The number of halogens is 3. The third kappa shape index (κ3) is 6.08. The zero-order valence-corrected chi connectivity index (χ0v) is 21.6. The molecule has 2 aliphatic carbocycles. The number of alkyl halides is 1. The molecule has 0 fully saturated rings. The van der Waals surface area contributed by atoms with Crippen LogP contribution >= 0.6 is 36.5 Å². The molecule has 1 atom stereocenters. The smallest absolute Gasteiger partial charge is 0.0454 e. The summed E-state index contributed by atoms with van der Waals surface area (Å²) in [6.45, 7) is 2.11. The van der Waals surface area contributed by atoms with Crippen LogP contribution in [-0.4, -0.2) is 4.16 Å². The van der Waals surface area contributed by atoms with E-state index in [-0.39, 0.29) is 24.8 Å². The summed E-state index contributed by atoms with van der Waals surface area (Å²) >= 11 is 6.43. The van der Waals surface area contributed by atoms with Crippen molar-refractivity contribution in [2.45, 2.75) is 17.5 Å². The molecular weight excluding hydrogens is 558 g/mol. The molecule has 1 aliphatic heterocycles. The van der Waals surface area contributed by atoms with Gasteiger partial charge in [-0.25, -0.2) is 0 Å². The molecule has 5 rings (SSSR count). The van der Waals surface area contributed by atoms with Crippen molar-refractivity contribution in [3.8, 4) is 11.1 Å². The van der Waals surface area contributed by atoms with Crippen molar-refractivity contribution in [3.63, 3.8) is 0 Å². The standard InChI is InChI=1S/C13H9.C8H6BrS.2ClH.S.Zr/c1-3-7-12-10(5-1)9-11-6-2-4-8-13(11)12;1-5-2-6-4-8(9)10-7(6)3-5;;;;/h1-7H,9H2;2-3,8H,1H3;2*1H;;/q2*-1;;;;+2/p-2. The minimum absolute atomic E-state index is 0. The van der Waals surface area contributed by atoms with Gasteiger partial charge in [0.25, 0.3) is 0 Å². The number of thioether (sulfide) groups is 1. The van der Waals surface area contributed by atoms with E-state index in [2.05, 4.69) is 92.4 Å². The maximum Gasteiger partial charge on any atom is -0.0454 e. The van der Waals surface area contributed by atoms with Gasteiger partial charge in [0, 0.05) is 4.16 Å². The first-order chi connectivity index (χ1) is 12.2. The second-order valence-electron chi connectivity index (χ2n) is 5.79. The van der Waals surface area contributed by atoms with Gasteiger partial charge in [-0.05, 0) is 6.42 Å². The second kappa shape index (κ2) is 12.0. The average Bonchev–Trinajstić information content (AvgIpc) is 3.27. The minimum Gasteiger partial charge on any atom is -0.147 e. The molecule has 1 heterocycles. The fraction of sp³-hybridized carbons (Fsp3) is 0.143. The van der Waals surface area contributed by atoms with Crippen molar-refractivity contribution in [3.05, 3.63) is 93.9 Å². The maximum atomic E-state index is 4.17. The summed E-state index contributed by atoms with van der Waals surface area (Å²) in [5, 5.41) is 0. The largest absolute Gasteiger partial charge is 0.147 e. The molecule has 0 aromatic heterocycles. The van der Waals surface area contributed by atoms with Crippen LogP contribution in [0.2, 0.25) is 0 Å². The average molecular weight is 574 g/mol. The van der Waals surface area contributed by atoms with E-state index < -0.39 is 0 Å². The molecular formula is C21H15BrCl2S2Zr-2. The van der Waals surface area contributed by atoms with Crippen LogP contribution in [0.15, 0.2) is 70.7 Å². The fourth-order valence-corrected chi connectivity index (χ4v) is 4.85. The van der Waals surface area contributed by atoms with Crippen LogP contribution in [0.5, 0.6) is 0 Å². The first-order valence-electron chi connectivity index (χ1n) is 7.83. The third-order valence-corrected chi connectivity index (χ3v) is 5.81. The van der Waals surface area contributed by atoms with E-state index >= 15 is 0 Å². The molecule has 2 aromatic carbocycles. The van der Waals surface area contributed by atoms with E-state index in [1.807, 2.05) is 17.8 Å². The van der Waals surface area contributed by atoms with Crippen LogP contribution in [0, 0.1) is 12.1 Å². The van der Waals surface area contributed by atoms with Gasteiger partial charge in [0.15, 0.2) is 0 Å². The first-order valence-corrected chi connectivity index (χ1v) is 13.0. The van der Waals surface area contributed by atoms with E-state index in [0.29, 0.717) is 4.16 Å². The molecule has 6 heteroatoms. The first kappa shape index (κ1) is 25.2. The number of allylic oxidation sites excluding steroid dienone is 4. The van der Waals surface area contributed by atoms with Crippen LogP contribution in [0.4, 0.5) is 0 Å². The zero-order chi connectivity index (χ0) is 17.8. The molecule has 0 bridgehead atoms. The Bertz CT molecular complexity index is 850. The Morgan fingerprint density at radius 3 is 2.52 bits per heavy atom. The number of benzene rings is 2. The van der Waals surface area contributed by atoms with Gasteiger partial charge in [-0.1, -0.05) is 63.2 Å². The number of hydrogen-bond acceptors (Lipinski definition) is 2. The molecule has 0 radical (unpaired) electrons. The van der Waals surface area contributed by atoms with E-state index in [4.69, 9.17) is 0 Å². The summed E-state index contributed by atoms with van der Waals surface area (Å²) in [7, 11) is 4.17. The summed E-state index contributed by atoms with van der Waals surface area (Å²) in [6.07, 6.45) is 8.74. The molecule has 0 nitrogen and oxygen atoms in total. The van der Waals surface area contributed by atoms with Gasteiger partial charge >= 0.3 is 31.5 Å². The molecule has 2 aromatic rings. The molecule has 0 amide bonds. The normalized spacial score (nSPS) is 17.0. The van der Waals surface area contributed by atoms with Crippen LogP contribution in [0.3, 0.4) is 0 Å². The Balaban J connectivity index is 0.000000237. The SMILES string of the molecule is CC1=CC2=[C-]C(Br)SC2=C1.[Cl-].[Cl-].[S]=[Zr+2].[c-]1cccc2c1-c1ccccc1C2. The van der Waals surface area contributed by atoms with Crippen molar-refractivity contribution in [1.82, 2.24) is 0 Å². The molecule has 27 heavy (non-hydrogen) atoms. The summed E-state index contributed by atoms with van der Waals surface area (Å²) in [4.78, 5) is 1.36. The fourth-order valence-electron chi connectivity index (χ4n) is 3.09.